The van der Waals surface area contributed by atoms with Gasteiger partial charge in [-0.1, -0.05) is 35.9 Å². The number of hydrogen-bond donors (Lipinski definition) is 1. The van der Waals surface area contributed by atoms with Gasteiger partial charge in [0, 0.05) is 15.2 Å². The van der Waals surface area contributed by atoms with E-state index in [2.05, 4.69) is 15.9 Å². The number of nitrogens with two attached hydrogens (primary N) is 1. The molecule has 6 heteroatoms. The normalized spacial score (nSPS) is 11.5. The molecule has 0 fully saturated rings. The first-order valence-corrected chi connectivity index (χ1v) is 8.84. The van der Waals surface area contributed by atoms with Gasteiger partial charge in [-0.15, -0.1) is 0 Å². The van der Waals surface area contributed by atoms with Crippen LogP contribution >= 0.6 is 27.5 Å². The summed E-state index contributed by atoms with van der Waals surface area (Å²) in [5.41, 5.74) is 7.67. The van der Waals surface area contributed by atoms with Gasteiger partial charge in [0.25, 0.3) is 0 Å². The summed E-state index contributed by atoms with van der Waals surface area (Å²) in [6, 6.07) is 12.0. The van der Waals surface area contributed by atoms with Gasteiger partial charge in [-0.25, -0.2) is 8.42 Å². The first-order chi connectivity index (χ1) is 9.37. The van der Waals surface area contributed by atoms with Gasteiger partial charge in [0.05, 0.1) is 11.5 Å². The van der Waals surface area contributed by atoms with Gasteiger partial charge in [0.15, 0.2) is 9.84 Å². The number of rotatable bonds is 4. The molecule has 0 aliphatic heterocycles. The molecule has 0 atom stereocenters. The van der Waals surface area contributed by atoms with Gasteiger partial charge in [0.2, 0.25) is 0 Å². The van der Waals surface area contributed by atoms with E-state index in [1.165, 1.54) is 0 Å². The van der Waals surface area contributed by atoms with Gasteiger partial charge in [-0.05, 0) is 45.3 Å². The smallest absolute Gasteiger partial charge is 0.158 e. The van der Waals surface area contributed by atoms with Crippen LogP contribution in [0.4, 0.5) is 5.69 Å². The van der Waals surface area contributed by atoms with Crippen molar-refractivity contribution in [3.8, 4) is 0 Å². The number of benzene rings is 2. The maximum absolute atomic E-state index is 12.2. The zero-order valence-electron chi connectivity index (χ0n) is 10.5. The van der Waals surface area contributed by atoms with E-state index in [1.807, 2.05) is 0 Å². The molecule has 0 spiro atoms. The third-order valence-electron chi connectivity index (χ3n) is 2.78. The molecule has 2 rings (SSSR count). The van der Waals surface area contributed by atoms with Gasteiger partial charge in [-0.2, -0.15) is 0 Å². The molecule has 20 heavy (non-hydrogen) atoms. The topological polar surface area (TPSA) is 60.2 Å². The lowest BCUT2D eigenvalue weighted by molar-refractivity contribution is 0.594. The van der Waals surface area contributed by atoms with Gasteiger partial charge >= 0.3 is 0 Å². The Morgan fingerprint density at radius 3 is 2.35 bits per heavy atom. The van der Waals surface area contributed by atoms with E-state index in [9.17, 15) is 8.42 Å². The molecule has 0 saturated carbocycles. The zero-order chi connectivity index (χ0) is 14.8. The Morgan fingerprint density at radius 1 is 1.05 bits per heavy atom. The van der Waals surface area contributed by atoms with E-state index in [4.69, 9.17) is 17.3 Å². The molecule has 0 unspecified atom stereocenters. The summed E-state index contributed by atoms with van der Waals surface area (Å²) in [4.78, 5) is 0. The molecule has 3 nitrogen and oxygen atoms in total. The van der Waals surface area contributed by atoms with Crippen LogP contribution in [-0.2, 0) is 21.3 Å². The van der Waals surface area contributed by atoms with Crippen molar-refractivity contribution in [2.24, 2.45) is 0 Å². The number of halogens is 2. The van der Waals surface area contributed by atoms with Gasteiger partial charge < -0.3 is 5.73 Å². The second-order valence-electron chi connectivity index (χ2n) is 4.48. The van der Waals surface area contributed by atoms with Crippen LogP contribution in [0.25, 0.3) is 0 Å². The average molecular weight is 375 g/mol. The highest BCUT2D eigenvalue weighted by molar-refractivity contribution is 9.10. The summed E-state index contributed by atoms with van der Waals surface area (Å²) >= 11 is 9.10. The van der Waals surface area contributed by atoms with Crippen molar-refractivity contribution in [3.05, 3.63) is 63.1 Å². The van der Waals surface area contributed by atoms with Crippen LogP contribution in [0.5, 0.6) is 0 Å². The number of sulfone groups is 1. The number of nitrogen functional groups attached to an aromatic ring is 1. The van der Waals surface area contributed by atoms with E-state index < -0.39 is 9.84 Å². The predicted octanol–water partition coefficient (Wildman–Crippen LogP) is 3.80. The molecule has 0 aromatic heterocycles. The predicted molar refractivity (Wildman–Crippen MR) is 86.3 cm³/mol. The highest BCUT2D eigenvalue weighted by Crippen LogP contribution is 2.26. The molecule has 0 radical (unpaired) electrons. The first-order valence-electron chi connectivity index (χ1n) is 5.85. The fourth-order valence-corrected chi connectivity index (χ4v) is 4.07. The van der Waals surface area contributed by atoms with Crippen LogP contribution < -0.4 is 5.73 Å². The molecule has 2 aromatic carbocycles. The molecule has 0 heterocycles. The standard InChI is InChI=1S/C14H13BrClNO2S/c15-14-11(2-1-3-13(14)17)9-20(18,19)8-10-4-6-12(16)7-5-10/h1-7H,8-9,17H2. The Labute approximate surface area is 131 Å². The quantitative estimate of drug-likeness (QED) is 0.828. The Kier molecular flexibility index (Phi) is 4.73. The van der Waals surface area contributed by atoms with E-state index in [-0.39, 0.29) is 11.5 Å². The van der Waals surface area contributed by atoms with Crippen LogP contribution in [0.3, 0.4) is 0 Å². The summed E-state index contributed by atoms with van der Waals surface area (Å²) in [7, 11) is -3.27. The molecule has 0 aliphatic carbocycles. The van der Waals surface area contributed by atoms with Gasteiger partial charge in [0.1, 0.15) is 0 Å². The van der Waals surface area contributed by atoms with Crippen molar-refractivity contribution in [2.45, 2.75) is 11.5 Å². The summed E-state index contributed by atoms with van der Waals surface area (Å²) < 4.78 is 25.1. The van der Waals surface area contributed by atoms with Crippen LogP contribution in [0.15, 0.2) is 46.9 Å². The summed E-state index contributed by atoms with van der Waals surface area (Å²) in [5, 5.41) is 0.588. The fraction of sp³-hybridized carbons (Fsp3) is 0.143. The minimum atomic E-state index is -3.27. The molecular formula is C14H13BrClNO2S. The molecule has 2 aromatic rings. The summed E-state index contributed by atoms with van der Waals surface area (Å²) in [6.07, 6.45) is 0. The molecule has 0 saturated heterocycles. The highest BCUT2D eigenvalue weighted by Gasteiger charge is 2.15. The Bertz CT molecular complexity index is 714. The molecular weight excluding hydrogens is 362 g/mol. The number of hydrogen-bond acceptors (Lipinski definition) is 3. The Morgan fingerprint density at radius 2 is 1.70 bits per heavy atom. The van der Waals surface area contributed by atoms with Crippen molar-refractivity contribution >= 4 is 43.1 Å². The summed E-state index contributed by atoms with van der Waals surface area (Å²) in [6.45, 7) is 0. The lowest BCUT2D eigenvalue weighted by atomic mass is 10.2. The highest BCUT2D eigenvalue weighted by atomic mass is 79.9. The Hall–Kier alpha value is -1.04. The third-order valence-corrected chi connectivity index (χ3v) is 5.53. The molecule has 0 amide bonds. The number of anilines is 1. The van der Waals surface area contributed by atoms with Crippen LogP contribution in [0.1, 0.15) is 11.1 Å². The molecule has 0 bridgehead atoms. The minimum absolute atomic E-state index is 0.0224. The van der Waals surface area contributed by atoms with E-state index in [1.54, 1.807) is 42.5 Å². The maximum Gasteiger partial charge on any atom is 0.158 e. The lowest BCUT2D eigenvalue weighted by Crippen LogP contribution is -2.08. The van der Waals surface area contributed by atoms with Crippen LogP contribution in [-0.4, -0.2) is 8.42 Å². The van der Waals surface area contributed by atoms with Crippen molar-refractivity contribution in [1.82, 2.24) is 0 Å². The van der Waals surface area contributed by atoms with Crippen molar-refractivity contribution in [2.75, 3.05) is 5.73 Å². The van der Waals surface area contributed by atoms with Gasteiger partial charge in [-0.3, -0.25) is 0 Å². The molecule has 2 N–H and O–H groups in total. The van der Waals surface area contributed by atoms with Crippen molar-refractivity contribution < 1.29 is 8.42 Å². The lowest BCUT2D eigenvalue weighted by Gasteiger charge is -2.08. The molecule has 106 valence electrons. The Balaban J connectivity index is 2.19. The second kappa shape index (κ2) is 6.16. The van der Waals surface area contributed by atoms with E-state index >= 15 is 0 Å². The monoisotopic (exact) mass is 373 g/mol. The fourth-order valence-electron chi connectivity index (χ4n) is 1.83. The van der Waals surface area contributed by atoms with E-state index in [0.29, 0.717) is 20.7 Å². The third kappa shape index (κ3) is 3.98. The van der Waals surface area contributed by atoms with Crippen LogP contribution in [0.2, 0.25) is 5.02 Å². The average Bonchev–Trinajstić information content (AvgIpc) is 2.37. The van der Waals surface area contributed by atoms with Crippen molar-refractivity contribution in [1.29, 1.82) is 0 Å². The zero-order valence-corrected chi connectivity index (χ0v) is 13.7. The SMILES string of the molecule is Nc1cccc(CS(=O)(=O)Cc2ccc(Cl)cc2)c1Br. The largest absolute Gasteiger partial charge is 0.398 e. The maximum atomic E-state index is 12.2. The van der Waals surface area contributed by atoms with Crippen LogP contribution in [0, 0.1) is 0 Å². The molecule has 0 aliphatic rings. The second-order valence-corrected chi connectivity index (χ2v) is 7.77. The van der Waals surface area contributed by atoms with Crippen molar-refractivity contribution in [3.63, 3.8) is 0 Å². The minimum Gasteiger partial charge on any atom is -0.398 e. The summed E-state index contributed by atoms with van der Waals surface area (Å²) in [5.74, 6) is -0.0767. The van der Waals surface area contributed by atoms with E-state index in [0.717, 1.165) is 5.56 Å². The first kappa shape index (κ1) is 15.4.